The van der Waals surface area contributed by atoms with Gasteiger partial charge in [0.15, 0.2) is 0 Å². The van der Waals surface area contributed by atoms with E-state index in [1.54, 1.807) is 6.20 Å². The molecule has 0 aromatic carbocycles. The van der Waals surface area contributed by atoms with E-state index in [0.717, 1.165) is 68.3 Å². The van der Waals surface area contributed by atoms with Crippen molar-refractivity contribution in [2.45, 2.75) is 70.1 Å². The van der Waals surface area contributed by atoms with Crippen LogP contribution in [0.1, 0.15) is 78.4 Å². The molecule has 0 spiro atoms. The van der Waals surface area contributed by atoms with E-state index in [9.17, 15) is 14.0 Å². The maximum absolute atomic E-state index is 14.6. The summed E-state index contributed by atoms with van der Waals surface area (Å²) in [5, 5.41) is 7.68. The van der Waals surface area contributed by atoms with Gasteiger partial charge >= 0.3 is 5.76 Å². The highest BCUT2D eigenvalue weighted by Crippen LogP contribution is 2.50. The van der Waals surface area contributed by atoms with Gasteiger partial charge in [-0.05, 0) is 75.0 Å². The van der Waals surface area contributed by atoms with E-state index in [0.29, 0.717) is 47.0 Å². The van der Waals surface area contributed by atoms with Crippen LogP contribution in [-0.4, -0.2) is 59.8 Å². The number of pyridine rings is 3. The molecule has 47 heavy (non-hydrogen) atoms. The number of nitrogens with one attached hydrogen (secondary N) is 1. The lowest BCUT2D eigenvalue weighted by Crippen LogP contribution is -2.42. The summed E-state index contributed by atoms with van der Waals surface area (Å²) < 4.78 is 28.1. The van der Waals surface area contributed by atoms with Crippen LogP contribution in [0.2, 0.25) is 5.02 Å². The van der Waals surface area contributed by atoms with Crippen molar-refractivity contribution in [2.75, 3.05) is 13.2 Å². The Labute approximate surface area is 273 Å². The number of ether oxygens (including phenoxy) is 1. The summed E-state index contributed by atoms with van der Waals surface area (Å²) in [4.78, 5) is 42.5. The average Bonchev–Trinajstić information content (AvgIpc) is 3.88. The molecule has 2 bridgehead atoms. The highest BCUT2D eigenvalue weighted by Gasteiger charge is 2.46. The van der Waals surface area contributed by atoms with Gasteiger partial charge in [0, 0.05) is 41.6 Å². The molecule has 1 aliphatic carbocycles. The predicted octanol–water partition coefficient (Wildman–Crippen LogP) is 5.86. The lowest BCUT2D eigenvalue weighted by atomic mass is 9.68. The summed E-state index contributed by atoms with van der Waals surface area (Å²) in [7, 11) is 0. The molecule has 5 aliphatic rings. The van der Waals surface area contributed by atoms with Gasteiger partial charge in [-0.2, -0.15) is 0 Å². The molecule has 4 aliphatic heterocycles. The number of fused-ring (bicyclic) bond motifs is 7. The molecular formula is C34H31ClFN7O4. The number of aromatic nitrogens is 6. The molecule has 9 heterocycles. The molecule has 1 N–H and O–H groups in total. The second-order valence-corrected chi connectivity index (χ2v) is 13.8. The molecule has 1 saturated carbocycles. The van der Waals surface area contributed by atoms with Crippen molar-refractivity contribution in [3.05, 3.63) is 80.8 Å². The number of rotatable bonds is 7. The van der Waals surface area contributed by atoms with Crippen LogP contribution in [0.25, 0.3) is 33.6 Å². The number of aromatic amines is 1. The molecule has 3 saturated heterocycles. The van der Waals surface area contributed by atoms with Crippen LogP contribution in [0.15, 0.2) is 46.0 Å². The number of carbonyl (C=O) groups excluding carboxylic acids is 1. The third kappa shape index (κ3) is 4.71. The van der Waals surface area contributed by atoms with E-state index in [1.165, 1.54) is 12.3 Å². The Morgan fingerprint density at radius 2 is 1.94 bits per heavy atom. The zero-order chi connectivity index (χ0) is 31.9. The predicted molar refractivity (Wildman–Crippen MR) is 169 cm³/mol. The fraction of sp³-hybridized carbons (Fsp3) is 0.412. The Bertz CT molecular complexity index is 2120. The van der Waals surface area contributed by atoms with Crippen molar-refractivity contribution in [3.63, 3.8) is 0 Å². The van der Waals surface area contributed by atoms with Gasteiger partial charge in [0.2, 0.25) is 0 Å². The summed E-state index contributed by atoms with van der Waals surface area (Å²) in [6, 6.07) is 5.01. The Morgan fingerprint density at radius 1 is 1.06 bits per heavy atom. The molecule has 1 atom stereocenters. The van der Waals surface area contributed by atoms with Gasteiger partial charge in [-0.25, -0.2) is 19.3 Å². The lowest BCUT2D eigenvalue weighted by molar-refractivity contribution is -0.117. The number of hydrogen-bond acceptors (Lipinski definition) is 8. The molecule has 5 aromatic heterocycles. The maximum Gasteiger partial charge on any atom is 0.434 e. The SMILES string of the molecule is O=C1c2c(nc(CCC34CCC(CC3)OC4)c(-c3n[nH]c(=O)o3)c2-c2cnc3c(ccn3Cc3ncc(Cl)cc3F)c2)[C@H]2CCCN12. The Morgan fingerprint density at radius 3 is 2.70 bits per heavy atom. The first-order chi connectivity index (χ1) is 22.9. The largest absolute Gasteiger partial charge is 0.434 e. The van der Waals surface area contributed by atoms with Crippen molar-refractivity contribution in [3.8, 4) is 22.6 Å². The standard InChI is InChI=1S/C34H31ClFN7O4/c35-20-13-22(36)24(37-15-20)16-42-11-6-18-12-19(14-38-30(18)42)26-27(31-40-41-33(45)47-31)23(5-9-34-7-3-21(4-8-34)46-17-34)39-29-25-2-1-10-43(25)32(44)28(26)29/h6,11-15,21,25H,1-5,7-10,16-17H2,(H,41,45)/t21?,25-,34?/m1/s1. The van der Waals surface area contributed by atoms with Gasteiger partial charge in [0.05, 0.1) is 58.5 Å². The lowest BCUT2D eigenvalue weighted by Gasteiger charge is -2.46. The quantitative estimate of drug-likeness (QED) is 0.231. The number of amides is 1. The van der Waals surface area contributed by atoms with Gasteiger partial charge < -0.3 is 18.6 Å². The third-order valence-electron chi connectivity index (χ3n) is 10.6. The van der Waals surface area contributed by atoms with Gasteiger partial charge in [0.1, 0.15) is 11.5 Å². The number of halogens is 2. The Kier molecular flexibility index (Phi) is 6.62. The van der Waals surface area contributed by atoms with E-state index < -0.39 is 11.6 Å². The van der Waals surface area contributed by atoms with Crippen LogP contribution >= 0.6 is 11.6 Å². The third-order valence-corrected chi connectivity index (χ3v) is 10.8. The molecule has 240 valence electrons. The second-order valence-electron chi connectivity index (χ2n) is 13.3. The smallest absolute Gasteiger partial charge is 0.388 e. The van der Waals surface area contributed by atoms with E-state index in [-0.39, 0.29) is 40.5 Å². The summed E-state index contributed by atoms with van der Waals surface area (Å²) in [5.41, 5.74) is 4.81. The van der Waals surface area contributed by atoms with E-state index in [4.69, 9.17) is 30.7 Å². The molecule has 5 aromatic rings. The number of nitrogens with zero attached hydrogens (tertiary/aromatic N) is 6. The van der Waals surface area contributed by atoms with Crippen LogP contribution in [0.4, 0.5) is 4.39 Å². The molecule has 1 amide bonds. The molecular weight excluding hydrogens is 625 g/mol. The molecule has 0 unspecified atom stereocenters. The number of hydrogen-bond donors (Lipinski definition) is 1. The summed E-state index contributed by atoms with van der Waals surface area (Å²) >= 11 is 5.91. The molecule has 0 radical (unpaired) electrons. The molecule has 4 fully saturated rings. The van der Waals surface area contributed by atoms with Gasteiger partial charge in [0.25, 0.3) is 11.8 Å². The highest BCUT2D eigenvalue weighted by molar-refractivity contribution is 6.30. The second kappa shape index (κ2) is 10.8. The summed E-state index contributed by atoms with van der Waals surface area (Å²) in [5.74, 6) is -1.17. The topological polar surface area (TPSA) is 132 Å². The van der Waals surface area contributed by atoms with E-state index >= 15 is 0 Å². The molecule has 11 nitrogen and oxygen atoms in total. The van der Waals surface area contributed by atoms with Crippen molar-refractivity contribution in [2.24, 2.45) is 5.41 Å². The summed E-state index contributed by atoms with van der Waals surface area (Å²) in [6.07, 6.45) is 12.9. The fourth-order valence-electron chi connectivity index (χ4n) is 8.16. The average molecular weight is 656 g/mol. The van der Waals surface area contributed by atoms with E-state index in [2.05, 4.69) is 15.2 Å². The van der Waals surface area contributed by atoms with Crippen molar-refractivity contribution in [1.82, 2.24) is 34.6 Å². The highest BCUT2D eigenvalue weighted by atomic mass is 35.5. The minimum Gasteiger partial charge on any atom is -0.388 e. The van der Waals surface area contributed by atoms with E-state index in [1.807, 2.05) is 27.8 Å². The van der Waals surface area contributed by atoms with Crippen LogP contribution in [0.3, 0.4) is 0 Å². The Hall–Kier alpha value is -4.42. The van der Waals surface area contributed by atoms with Crippen LogP contribution in [-0.2, 0) is 17.7 Å². The normalized spacial score (nSPS) is 23.2. The van der Waals surface area contributed by atoms with Crippen LogP contribution < -0.4 is 5.76 Å². The fourth-order valence-corrected chi connectivity index (χ4v) is 8.31. The minimum atomic E-state index is -0.685. The minimum absolute atomic E-state index is 0.0797. The first kappa shape index (κ1) is 28.8. The zero-order valence-electron chi connectivity index (χ0n) is 25.5. The monoisotopic (exact) mass is 655 g/mol. The van der Waals surface area contributed by atoms with Gasteiger partial charge in [-0.15, -0.1) is 5.10 Å². The van der Waals surface area contributed by atoms with Gasteiger partial charge in [-0.1, -0.05) is 11.6 Å². The van der Waals surface area contributed by atoms with Crippen LogP contribution in [0.5, 0.6) is 0 Å². The van der Waals surface area contributed by atoms with Crippen LogP contribution in [0, 0.1) is 11.2 Å². The molecule has 13 heteroatoms. The van der Waals surface area contributed by atoms with Crippen molar-refractivity contribution < 1.29 is 18.3 Å². The Balaban J connectivity index is 1.19. The zero-order valence-corrected chi connectivity index (χ0v) is 26.2. The van der Waals surface area contributed by atoms with Gasteiger partial charge in [-0.3, -0.25) is 14.8 Å². The number of aryl methyl sites for hydroxylation is 1. The first-order valence-corrected chi connectivity index (χ1v) is 16.5. The first-order valence-electron chi connectivity index (χ1n) is 16.2. The van der Waals surface area contributed by atoms with Crippen molar-refractivity contribution in [1.29, 1.82) is 0 Å². The summed E-state index contributed by atoms with van der Waals surface area (Å²) in [6.45, 7) is 1.57. The number of H-pyrrole nitrogens is 1. The van der Waals surface area contributed by atoms with Crippen molar-refractivity contribution >= 4 is 28.5 Å². The maximum atomic E-state index is 14.6. The number of carbonyl (C=O) groups is 1. The molecule has 10 rings (SSSR count).